The molecular formula is C17H26N2O. The van der Waals surface area contributed by atoms with Crippen molar-refractivity contribution in [3.63, 3.8) is 0 Å². The number of morpholine rings is 1. The fourth-order valence-electron chi connectivity index (χ4n) is 3.57. The molecule has 2 N–H and O–H groups in total. The van der Waals surface area contributed by atoms with Crippen molar-refractivity contribution in [2.24, 2.45) is 11.7 Å². The zero-order valence-corrected chi connectivity index (χ0v) is 12.6. The molecule has 2 aliphatic rings. The van der Waals surface area contributed by atoms with Crippen LogP contribution in [0.15, 0.2) is 30.3 Å². The van der Waals surface area contributed by atoms with Gasteiger partial charge in [0.25, 0.3) is 0 Å². The molecule has 0 spiro atoms. The molecule has 1 saturated carbocycles. The van der Waals surface area contributed by atoms with E-state index in [0.29, 0.717) is 11.8 Å². The monoisotopic (exact) mass is 274 g/mol. The van der Waals surface area contributed by atoms with E-state index in [9.17, 15) is 0 Å². The van der Waals surface area contributed by atoms with Gasteiger partial charge in [-0.3, -0.25) is 4.90 Å². The smallest absolute Gasteiger partial charge is 0.0594 e. The molecule has 0 aromatic heterocycles. The number of rotatable bonds is 4. The third-order valence-corrected chi connectivity index (χ3v) is 5.17. The van der Waals surface area contributed by atoms with E-state index < -0.39 is 0 Å². The Labute approximate surface area is 122 Å². The van der Waals surface area contributed by atoms with E-state index >= 15 is 0 Å². The van der Waals surface area contributed by atoms with Gasteiger partial charge in [0, 0.05) is 24.7 Å². The van der Waals surface area contributed by atoms with Crippen molar-refractivity contribution in [3.8, 4) is 0 Å². The average molecular weight is 274 g/mol. The van der Waals surface area contributed by atoms with Crippen LogP contribution < -0.4 is 5.73 Å². The summed E-state index contributed by atoms with van der Waals surface area (Å²) in [5.74, 6) is 1.28. The molecule has 1 saturated heterocycles. The molecule has 3 rings (SSSR count). The highest BCUT2D eigenvalue weighted by Gasteiger charge is 2.49. The van der Waals surface area contributed by atoms with Gasteiger partial charge in [-0.1, -0.05) is 30.3 Å². The summed E-state index contributed by atoms with van der Waals surface area (Å²) in [6.45, 7) is 8.27. The van der Waals surface area contributed by atoms with E-state index in [2.05, 4.69) is 49.1 Å². The second kappa shape index (κ2) is 5.47. The molecular weight excluding hydrogens is 248 g/mol. The third-order valence-electron chi connectivity index (χ3n) is 5.17. The van der Waals surface area contributed by atoms with Gasteiger partial charge in [0.05, 0.1) is 13.2 Å². The molecule has 0 amide bonds. The van der Waals surface area contributed by atoms with E-state index in [4.69, 9.17) is 10.5 Å². The lowest BCUT2D eigenvalue weighted by Gasteiger charge is -2.44. The van der Waals surface area contributed by atoms with E-state index in [-0.39, 0.29) is 11.6 Å². The summed E-state index contributed by atoms with van der Waals surface area (Å²) >= 11 is 0. The van der Waals surface area contributed by atoms with Crippen LogP contribution in [0.3, 0.4) is 0 Å². The van der Waals surface area contributed by atoms with Gasteiger partial charge in [-0.15, -0.1) is 0 Å². The summed E-state index contributed by atoms with van der Waals surface area (Å²) in [6.07, 6.45) is 1.24. The quantitative estimate of drug-likeness (QED) is 0.915. The normalized spacial score (nSPS) is 29.1. The summed E-state index contributed by atoms with van der Waals surface area (Å²) in [5.41, 5.74) is 8.14. The molecule has 0 radical (unpaired) electrons. The van der Waals surface area contributed by atoms with Crippen molar-refractivity contribution in [2.45, 2.75) is 37.8 Å². The summed E-state index contributed by atoms with van der Waals surface area (Å²) in [6, 6.07) is 11.0. The fraction of sp³-hybridized carbons (Fsp3) is 0.647. The van der Waals surface area contributed by atoms with Crippen LogP contribution in [0.25, 0.3) is 0 Å². The van der Waals surface area contributed by atoms with Crippen molar-refractivity contribution in [1.29, 1.82) is 0 Å². The Balaban J connectivity index is 1.66. The number of nitrogens with zero attached hydrogens (tertiary/aromatic N) is 1. The molecule has 3 atom stereocenters. The van der Waals surface area contributed by atoms with Crippen molar-refractivity contribution in [3.05, 3.63) is 35.9 Å². The Morgan fingerprint density at radius 2 is 1.85 bits per heavy atom. The fourth-order valence-corrected chi connectivity index (χ4v) is 3.57. The molecule has 3 unspecified atom stereocenters. The van der Waals surface area contributed by atoms with Crippen LogP contribution in [-0.4, -0.2) is 42.8 Å². The highest BCUT2D eigenvalue weighted by molar-refractivity contribution is 5.27. The number of hydrogen-bond donors (Lipinski definition) is 1. The standard InChI is InChI=1S/C17H26N2O/c1-17(2,19-8-10-20-11-9-19)16(18)15-12-14(15)13-6-4-3-5-7-13/h3-7,14-16H,8-12,18H2,1-2H3. The van der Waals surface area contributed by atoms with E-state index in [1.54, 1.807) is 0 Å². The Morgan fingerprint density at radius 3 is 2.50 bits per heavy atom. The van der Waals surface area contributed by atoms with E-state index in [1.165, 1.54) is 12.0 Å². The molecule has 2 fully saturated rings. The lowest BCUT2D eigenvalue weighted by molar-refractivity contribution is -0.0213. The minimum absolute atomic E-state index is 0.0535. The molecule has 3 nitrogen and oxygen atoms in total. The van der Waals surface area contributed by atoms with Gasteiger partial charge in [-0.25, -0.2) is 0 Å². The van der Waals surface area contributed by atoms with Gasteiger partial charge in [0.2, 0.25) is 0 Å². The molecule has 110 valence electrons. The zero-order chi connectivity index (χ0) is 14.2. The lowest BCUT2D eigenvalue weighted by atomic mass is 9.87. The predicted molar refractivity (Wildman–Crippen MR) is 81.7 cm³/mol. The molecule has 1 aromatic rings. The van der Waals surface area contributed by atoms with Crippen molar-refractivity contribution < 1.29 is 4.74 Å². The van der Waals surface area contributed by atoms with Gasteiger partial charge in [-0.2, -0.15) is 0 Å². The lowest BCUT2D eigenvalue weighted by Crippen LogP contribution is -2.60. The summed E-state index contributed by atoms with van der Waals surface area (Å²) in [5, 5.41) is 0. The van der Waals surface area contributed by atoms with Crippen molar-refractivity contribution >= 4 is 0 Å². The first-order valence-electron chi connectivity index (χ1n) is 7.74. The first-order valence-corrected chi connectivity index (χ1v) is 7.74. The van der Waals surface area contributed by atoms with Crippen LogP contribution >= 0.6 is 0 Å². The van der Waals surface area contributed by atoms with E-state index in [0.717, 1.165) is 26.3 Å². The van der Waals surface area contributed by atoms with E-state index in [1.807, 2.05) is 0 Å². The first-order chi connectivity index (χ1) is 9.60. The van der Waals surface area contributed by atoms with Gasteiger partial charge in [0.15, 0.2) is 0 Å². The number of ether oxygens (including phenoxy) is 1. The maximum absolute atomic E-state index is 6.63. The number of benzene rings is 1. The second-order valence-electron chi connectivity index (χ2n) is 6.70. The predicted octanol–water partition coefficient (Wildman–Crippen LogP) is 2.23. The topological polar surface area (TPSA) is 38.5 Å². The second-order valence-corrected chi connectivity index (χ2v) is 6.70. The van der Waals surface area contributed by atoms with Crippen LogP contribution in [0.1, 0.15) is 31.7 Å². The molecule has 0 bridgehead atoms. The van der Waals surface area contributed by atoms with Gasteiger partial charge < -0.3 is 10.5 Å². The molecule has 3 heteroatoms. The maximum Gasteiger partial charge on any atom is 0.0594 e. The van der Waals surface area contributed by atoms with Gasteiger partial charge in [0.1, 0.15) is 0 Å². The minimum atomic E-state index is 0.0535. The van der Waals surface area contributed by atoms with Crippen LogP contribution in [0, 0.1) is 5.92 Å². The largest absolute Gasteiger partial charge is 0.379 e. The van der Waals surface area contributed by atoms with Crippen LogP contribution in [0.5, 0.6) is 0 Å². The maximum atomic E-state index is 6.63. The highest BCUT2D eigenvalue weighted by atomic mass is 16.5. The van der Waals surface area contributed by atoms with Gasteiger partial charge in [-0.05, 0) is 37.7 Å². The third kappa shape index (κ3) is 2.62. The highest BCUT2D eigenvalue weighted by Crippen LogP contribution is 2.51. The Morgan fingerprint density at radius 1 is 1.20 bits per heavy atom. The minimum Gasteiger partial charge on any atom is -0.379 e. The first kappa shape index (κ1) is 14.1. The van der Waals surface area contributed by atoms with Crippen LogP contribution in [-0.2, 0) is 4.74 Å². The number of nitrogens with two attached hydrogens (primary N) is 1. The van der Waals surface area contributed by atoms with Crippen molar-refractivity contribution in [1.82, 2.24) is 4.90 Å². The van der Waals surface area contributed by atoms with Crippen LogP contribution in [0.4, 0.5) is 0 Å². The average Bonchev–Trinajstić information content (AvgIpc) is 3.28. The summed E-state index contributed by atoms with van der Waals surface area (Å²) in [7, 11) is 0. The Kier molecular flexibility index (Phi) is 3.85. The molecule has 1 aromatic carbocycles. The van der Waals surface area contributed by atoms with Crippen molar-refractivity contribution in [2.75, 3.05) is 26.3 Å². The molecule has 1 aliphatic heterocycles. The molecule has 1 aliphatic carbocycles. The molecule has 20 heavy (non-hydrogen) atoms. The zero-order valence-electron chi connectivity index (χ0n) is 12.6. The van der Waals surface area contributed by atoms with Crippen LogP contribution in [0.2, 0.25) is 0 Å². The summed E-state index contributed by atoms with van der Waals surface area (Å²) < 4.78 is 5.46. The molecule has 1 heterocycles. The number of hydrogen-bond acceptors (Lipinski definition) is 3. The van der Waals surface area contributed by atoms with Gasteiger partial charge >= 0.3 is 0 Å². The summed E-state index contributed by atoms with van der Waals surface area (Å²) in [4.78, 5) is 2.50. The Bertz CT molecular complexity index is 440. The SMILES string of the molecule is CC(C)(C(N)C1CC1c1ccccc1)N1CCOCC1. The Hall–Kier alpha value is -0.900.